The largest absolute Gasteiger partial charge is 0.434 e. The van der Waals surface area contributed by atoms with E-state index in [-0.39, 0.29) is 10.8 Å². The minimum absolute atomic E-state index is 0.125. The van der Waals surface area contributed by atoms with Crippen molar-refractivity contribution in [1.82, 2.24) is 0 Å². The highest BCUT2D eigenvalue weighted by Gasteiger charge is 2.34. The zero-order chi connectivity index (χ0) is 20.9. The van der Waals surface area contributed by atoms with Crippen molar-refractivity contribution in [1.29, 1.82) is 0 Å². The normalized spacial score (nSPS) is 12.7. The van der Waals surface area contributed by atoms with E-state index in [4.69, 9.17) is 0 Å². The number of para-hydroxylation sites is 1. The standard InChI is InChI=1S/C19H18F5NO2S/c1-3-11(2)28-12-8-9-15(14(10-12)19(22,23)24)25-17(26)13-6-4-5-7-16(13)27-18(20)21/h4-11,18H,3H2,1-2H3,(H,25,26). The number of nitrogens with one attached hydrogen (secondary N) is 1. The molecule has 0 saturated carbocycles. The van der Waals surface area contributed by atoms with Crippen LogP contribution in [0, 0.1) is 0 Å². The summed E-state index contributed by atoms with van der Waals surface area (Å²) < 4.78 is 69.6. The molecule has 28 heavy (non-hydrogen) atoms. The minimum atomic E-state index is -4.70. The van der Waals surface area contributed by atoms with Crippen molar-refractivity contribution in [2.24, 2.45) is 0 Å². The lowest BCUT2D eigenvalue weighted by Crippen LogP contribution is -2.18. The van der Waals surface area contributed by atoms with Crippen molar-refractivity contribution in [3.05, 3.63) is 53.6 Å². The van der Waals surface area contributed by atoms with E-state index in [0.717, 1.165) is 24.6 Å². The van der Waals surface area contributed by atoms with Gasteiger partial charge >= 0.3 is 12.8 Å². The lowest BCUT2D eigenvalue weighted by atomic mass is 10.1. The molecule has 0 aliphatic carbocycles. The Bertz CT molecular complexity index is 826. The summed E-state index contributed by atoms with van der Waals surface area (Å²) in [6, 6.07) is 8.69. The molecule has 0 bridgehead atoms. The highest BCUT2D eigenvalue weighted by atomic mass is 32.2. The molecule has 2 rings (SSSR count). The molecule has 0 saturated heterocycles. The van der Waals surface area contributed by atoms with Gasteiger partial charge in [-0.2, -0.15) is 22.0 Å². The first-order chi connectivity index (χ1) is 13.1. The maximum Gasteiger partial charge on any atom is 0.418 e. The van der Waals surface area contributed by atoms with Gasteiger partial charge in [-0.1, -0.05) is 26.0 Å². The first-order valence-corrected chi connectivity index (χ1v) is 9.22. The van der Waals surface area contributed by atoms with E-state index in [2.05, 4.69) is 10.1 Å². The van der Waals surface area contributed by atoms with Crippen molar-refractivity contribution < 1.29 is 31.5 Å². The van der Waals surface area contributed by atoms with Gasteiger partial charge in [0.25, 0.3) is 5.91 Å². The number of carbonyl (C=O) groups is 1. The van der Waals surface area contributed by atoms with Gasteiger partial charge in [0.1, 0.15) is 5.75 Å². The van der Waals surface area contributed by atoms with E-state index in [1.165, 1.54) is 36.0 Å². The van der Waals surface area contributed by atoms with Gasteiger partial charge in [-0.25, -0.2) is 0 Å². The molecule has 1 amide bonds. The van der Waals surface area contributed by atoms with Gasteiger partial charge < -0.3 is 10.1 Å². The van der Waals surface area contributed by atoms with E-state index in [0.29, 0.717) is 4.90 Å². The van der Waals surface area contributed by atoms with Crippen molar-refractivity contribution in [3.8, 4) is 5.75 Å². The predicted octanol–water partition coefficient (Wildman–Crippen LogP) is 6.45. The minimum Gasteiger partial charge on any atom is -0.434 e. The summed E-state index contributed by atoms with van der Waals surface area (Å²) in [5.41, 5.74) is -1.77. The zero-order valence-corrected chi connectivity index (χ0v) is 15.8. The summed E-state index contributed by atoms with van der Waals surface area (Å²) in [6.45, 7) is 0.653. The van der Waals surface area contributed by atoms with Gasteiger partial charge in [0.05, 0.1) is 16.8 Å². The lowest BCUT2D eigenvalue weighted by molar-refractivity contribution is -0.137. The number of thioether (sulfide) groups is 1. The summed E-state index contributed by atoms with van der Waals surface area (Å²) in [6.07, 6.45) is -3.92. The highest BCUT2D eigenvalue weighted by molar-refractivity contribution is 7.99. The third kappa shape index (κ3) is 5.85. The van der Waals surface area contributed by atoms with Crippen LogP contribution in [0.2, 0.25) is 0 Å². The Morgan fingerprint density at radius 3 is 2.46 bits per heavy atom. The number of anilines is 1. The third-order valence-electron chi connectivity index (χ3n) is 3.80. The number of rotatable bonds is 7. The monoisotopic (exact) mass is 419 g/mol. The maximum absolute atomic E-state index is 13.5. The number of hydrogen-bond acceptors (Lipinski definition) is 3. The Hall–Kier alpha value is -2.29. The molecule has 1 N–H and O–H groups in total. The van der Waals surface area contributed by atoms with Crippen LogP contribution in [0.15, 0.2) is 47.4 Å². The van der Waals surface area contributed by atoms with E-state index < -0.39 is 35.7 Å². The van der Waals surface area contributed by atoms with Crippen molar-refractivity contribution in [2.75, 3.05) is 5.32 Å². The Morgan fingerprint density at radius 2 is 1.86 bits per heavy atom. The fourth-order valence-corrected chi connectivity index (χ4v) is 3.26. The van der Waals surface area contributed by atoms with Crippen LogP contribution in [0.1, 0.15) is 36.2 Å². The number of amides is 1. The maximum atomic E-state index is 13.5. The fraction of sp³-hybridized carbons (Fsp3) is 0.316. The summed E-state index contributed by atoms with van der Waals surface area (Å²) in [7, 11) is 0. The van der Waals surface area contributed by atoms with Crippen LogP contribution in [-0.2, 0) is 6.18 Å². The Morgan fingerprint density at radius 1 is 1.18 bits per heavy atom. The molecule has 3 nitrogen and oxygen atoms in total. The lowest BCUT2D eigenvalue weighted by Gasteiger charge is -2.17. The Balaban J connectivity index is 2.34. The van der Waals surface area contributed by atoms with Crippen LogP contribution in [0.5, 0.6) is 5.75 Å². The predicted molar refractivity (Wildman–Crippen MR) is 98.1 cm³/mol. The third-order valence-corrected chi connectivity index (χ3v) is 5.07. The number of alkyl halides is 5. The molecule has 0 heterocycles. The van der Waals surface area contributed by atoms with Gasteiger partial charge in [0.15, 0.2) is 0 Å². The second-order valence-electron chi connectivity index (χ2n) is 5.87. The van der Waals surface area contributed by atoms with Crippen LogP contribution in [0.3, 0.4) is 0 Å². The molecular weight excluding hydrogens is 401 g/mol. The van der Waals surface area contributed by atoms with Gasteiger partial charge in [-0.15, -0.1) is 11.8 Å². The molecule has 0 aliphatic heterocycles. The molecule has 152 valence electrons. The molecule has 2 aromatic carbocycles. The molecule has 2 aromatic rings. The molecule has 1 atom stereocenters. The number of halogens is 5. The van der Waals surface area contributed by atoms with Crippen LogP contribution in [0.4, 0.5) is 27.6 Å². The second kappa shape index (κ2) is 9.27. The molecule has 0 radical (unpaired) electrons. The quantitative estimate of drug-likeness (QED) is 0.414. The second-order valence-corrected chi connectivity index (χ2v) is 7.38. The number of carbonyl (C=O) groups excluding carboxylic acids is 1. The van der Waals surface area contributed by atoms with Crippen molar-refractivity contribution >= 4 is 23.4 Å². The summed E-state index contributed by atoms with van der Waals surface area (Å²) in [5, 5.41) is 2.27. The number of hydrogen-bond donors (Lipinski definition) is 1. The Labute approximate surface area is 163 Å². The van der Waals surface area contributed by atoms with Gasteiger partial charge in [-0.3, -0.25) is 4.79 Å². The van der Waals surface area contributed by atoms with E-state index in [1.54, 1.807) is 0 Å². The Kier molecular flexibility index (Phi) is 7.29. The number of ether oxygens (including phenoxy) is 1. The van der Waals surface area contributed by atoms with Crippen LogP contribution in [0.25, 0.3) is 0 Å². The van der Waals surface area contributed by atoms with Crippen LogP contribution < -0.4 is 10.1 Å². The molecule has 0 aromatic heterocycles. The van der Waals surface area contributed by atoms with Crippen molar-refractivity contribution in [2.45, 2.75) is 43.2 Å². The molecule has 9 heteroatoms. The molecule has 0 aliphatic rings. The average Bonchev–Trinajstić information content (AvgIpc) is 2.61. The van der Waals surface area contributed by atoms with Crippen LogP contribution >= 0.6 is 11.8 Å². The van der Waals surface area contributed by atoms with E-state index in [9.17, 15) is 26.7 Å². The first-order valence-electron chi connectivity index (χ1n) is 8.35. The average molecular weight is 419 g/mol. The van der Waals surface area contributed by atoms with Crippen molar-refractivity contribution in [3.63, 3.8) is 0 Å². The zero-order valence-electron chi connectivity index (χ0n) is 15.0. The SMILES string of the molecule is CCC(C)Sc1ccc(NC(=O)c2ccccc2OC(F)F)c(C(F)(F)F)c1. The summed E-state index contributed by atoms with van der Waals surface area (Å²) >= 11 is 1.29. The smallest absolute Gasteiger partial charge is 0.418 e. The molecule has 0 fully saturated rings. The summed E-state index contributed by atoms with van der Waals surface area (Å²) in [5.74, 6) is -1.41. The summed E-state index contributed by atoms with van der Waals surface area (Å²) in [4.78, 5) is 12.8. The van der Waals surface area contributed by atoms with E-state index in [1.807, 2.05) is 13.8 Å². The van der Waals surface area contributed by atoms with Gasteiger partial charge in [-0.05, 0) is 36.8 Å². The molecule has 1 unspecified atom stereocenters. The van der Waals surface area contributed by atoms with Gasteiger partial charge in [0, 0.05) is 10.1 Å². The molecule has 0 spiro atoms. The highest BCUT2D eigenvalue weighted by Crippen LogP contribution is 2.38. The fourth-order valence-electron chi connectivity index (χ4n) is 2.30. The number of benzene rings is 2. The molecular formula is C19H18F5NO2S. The first kappa shape index (κ1) is 22.0. The topological polar surface area (TPSA) is 38.3 Å². The van der Waals surface area contributed by atoms with Crippen LogP contribution in [-0.4, -0.2) is 17.8 Å². The van der Waals surface area contributed by atoms with E-state index >= 15 is 0 Å². The van der Waals surface area contributed by atoms with Gasteiger partial charge in [0.2, 0.25) is 0 Å².